The van der Waals surface area contributed by atoms with E-state index < -0.39 is 5.60 Å². The molecule has 1 aliphatic heterocycles. The summed E-state index contributed by atoms with van der Waals surface area (Å²) in [5.41, 5.74) is 2.17. The lowest BCUT2D eigenvalue weighted by atomic mass is 9.87. The number of aryl methyl sites for hydroxylation is 2. The van der Waals surface area contributed by atoms with Gasteiger partial charge in [-0.1, -0.05) is 6.07 Å². The van der Waals surface area contributed by atoms with E-state index in [0.717, 1.165) is 24.4 Å². The topological polar surface area (TPSA) is 75.5 Å². The van der Waals surface area contributed by atoms with Crippen molar-refractivity contribution in [2.45, 2.75) is 83.5 Å². The van der Waals surface area contributed by atoms with Gasteiger partial charge >= 0.3 is 0 Å². The van der Waals surface area contributed by atoms with Crippen molar-refractivity contribution in [1.29, 1.82) is 0 Å². The number of rotatable bonds is 8. The smallest absolute Gasteiger partial charge is 0.257 e. The van der Waals surface area contributed by atoms with Gasteiger partial charge in [0.25, 0.3) is 5.91 Å². The number of aromatic nitrogens is 2. The van der Waals surface area contributed by atoms with Crippen LogP contribution < -0.4 is 4.74 Å². The highest BCUT2D eigenvalue weighted by atomic mass is 16.5. The monoisotopic (exact) mass is 423 g/mol. The fraction of sp³-hybridized carbons (Fsp3) is 0.560. The lowest BCUT2D eigenvalue weighted by Crippen LogP contribution is -2.60. The van der Waals surface area contributed by atoms with Gasteiger partial charge in [-0.3, -0.25) is 4.79 Å². The number of nitrogens with zero attached hydrogens (tertiary/aromatic N) is 3. The zero-order chi connectivity index (χ0) is 22.2. The first-order valence-electron chi connectivity index (χ1n) is 11.4. The highest BCUT2D eigenvalue weighted by Crippen LogP contribution is 2.41. The van der Waals surface area contributed by atoms with Crippen LogP contribution in [0.4, 0.5) is 0 Å². The maximum absolute atomic E-state index is 12.7. The van der Waals surface area contributed by atoms with Crippen molar-refractivity contribution < 1.29 is 14.6 Å². The summed E-state index contributed by atoms with van der Waals surface area (Å²) in [4.78, 5) is 23.3. The van der Waals surface area contributed by atoms with E-state index >= 15 is 0 Å². The lowest BCUT2D eigenvalue weighted by molar-refractivity contribution is -0.0550. The van der Waals surface area contributed by atoms with Crippen LogP contribution in [0.2, 0.25) is 0 Å². The third-order valence-electron chi connectivity index (χ3n) is 6.09. The number of likely N-dealkylation sites (tertiary alicyclic amines) is 1. The minimum absolute atomic E-state index is 0.113. The number of amides is 1. The lowest BCUT2D eigenvalue weighted by Gasteiger charge is -2.47. The molecule has 4 rings (SSSR count). The van der Waals surface area contributed by atoms with Crippen molar-refractivity contribution in [1.82, 2.24) is 14.9 Å². The summed E-state index contributed by atoms with van der Waals surface area (Å²) in [6.45, 7) is 8.24. The van der Waals surface area contributed by atoms with Crippen LogP contribution in [-0.2, 0) is 12.8 Å². The van der Waals surface area contributed by atoms with Crippen LogP contribution in [0.5, 0.6) is 5.75 Å². The molecule has 2 fully saturated rings. The van der Waals surface area contributed by atoms with Gasteiger partial charge in [0.2, 0.25) is 0 Å². The van der Waals surface area contributed by atoms with E-state index in [1.807, 2.05) is 13.8 Å². The molecule has 1 unspecified atom stereocenters. The van der Waals surface area contributed by atoms with Gasteiger partial charge in [0, 0.05) is 25.4 Å². The van der Waals surface area contributed by atoms with Crippen LogP contribution in [0.3, 0.4) is 0 Å². The molecule has 1 atom stereocenters. The zero-order valence-corrected chi connectivity index (χ0v) is 19.0. The van der Waals surface area contributed by atoms with Crippen molar-refractivity contribution in [3.8, 4) is 5.75 Å². The van der Waals surface area contributed by atoms with Gasteiger partial charge in [0.05, 0.1) is 23.3 Å². The first kappa shape index (κ1) is 21.8. The van der Waals surface area contributed by atoms with Gasteiger partial charge in [-0.05, 0) is 82.6 Å². The molecule has 1 N–H and O–H groups in total. The molecule has 0 bridgehead atoms. The molecule has 2 heterocycles. The van der Waals surface area contributed by atoms with E-state index in [-0.39, 0.29) is 18.1 Å². The minimum Gasteiger partial charge on any atom is -0.491 e. The number of hydrogen-bond donors (Lipinski definition) is 1. The first-order valence-corrected chi connectivity index (χ1v) is 11.4. The highest BCUT2D eigenvalue weighted by Gasteiger charge is 2.42. The molecule has 1 aromatic carbocycles. The normalized spacial score (nSPS) is 18.8. The van der Waals surface area contributed by atoms with Crippen molar-refractivity contribution in [3.05, 3.63) is 53.1 Å². The fourth-order valence-electron chi connectivity index (χ4n) is 4.20. The van der Waals surface area contributed by atoms with Gasteiger partial charge in [-0.15, -0.1) is 0 Å². The number of carbonyl (C=O) groups excluding carboxylic acids is 1. The Morgan fingerprint density at radius 1 is 1.16 bits per heavy atom. The van der Waals surface area contributed by atoms with Crippen molar-refractivity contribution in [2.24, 2.45) is 0 Å². The van der Waals surface area contributed by atoms with Crippen LogP contribution in [0, 0.1) is 0 Å². The SMILES string of the molecule is CC(C)Oc1cc(CCc2ncc(C(=O)N3CCC3C(C)(C)O)cn2)cc(C2CC2)c1. The molecule has 1 aliphatic carbocycles. The molecule has 2 aromatic rings. The molecule has 31 heavy (non-hydrogen) atoms. The van der Waals surface area contributed by atoms with Crippen molar-refractivity contribution in [2.75, 3.05) is 6.54 Å². The Hall–Kier alpha value is -2.47. The Labute approximate surface area is 184 Å². The van der Waals surface area contributed by atoms with Crippen LogP contribution in [-0.4, -0.2) is 50.2 Å². The second-order valence-electron chi connectivity index (χ2n) is 9.70. The quantitative estimate of drug-likeness (QED) is 0.697. The molecule has 1 amide bonds. The molecular formula is C25H33N3O3. The maximum atomic E-state index is 12.7. The molecular weight excluding hydrogens is 390 g/mol. The number of benzene rings is 1. The van der Waals surface area contributed by atoms with E-state index in [2.05, 4.69) is 28.2 Å². The summed E-state index contributed by atoms with van der Waals surface area (Å²) in [7, 11) is 0. The van der Waals surface area contributed by atoms with E-state index in [1.54, 1.807) is 31.1 Å². The van der Waals surface area contributed by atoms with Gasteiger partial charge in [-0.2, -0.15) is 0 Å². The summed E-state index contributed by atoms with van der Waals surface area (Å²) in [5.74, 6) is 2.22. The Kier molecular flexibility index (Phi) is 6.02. The van der Waals surface area contributed by atoms with E-state index in [1.165, 1.54) is 24.0 Å². The molecule has 0 spiro atoms. The predicted molar refractivity (Wildman–Crippen MR) is 119 cm³/mol. The summed E-state index contributed by atoms with van der Waals surface area (Å²) in [5, 5.41) is 10.2. The van der Waals surface area contributed by atoms with Gasteiger partial charge in [0.15, 0.2) is 0 Å². The summed E-state index contributed by atoms with van der Waals surface area (Å²) >= 11 is 0. The number of carbonyl (C=O) groups is 1. The van der Waals surface area contributed by atoms with E-state index in [0.29, 0.717) is 24.4 Å². The highest BCUT2D eigenvalue weighted by molar-refractivity contribution is 5.94. The molecule has 1 aromatic heterocycles. The first-order chi connectivity index (χ1) is 14.7. The molecule has 1 saturated carbocycles. The fourth-order valence-corrected chi connectivity index (χ4v) is 4.20. The van der Waals surface area contributed by atoms with Crippen molar-refractivity contribution in [3.63, 3.8) is 0 Å². The minimum atomic E-state index is -0.901. The molecule has 2 aliphatic rings. The number of aliphatic hydroxyl groups is 1. The predicted octanol–water partition coefficient (Wildman–Crippen LogP) is 3.91. The summed E-state index contributed by atoms with van der Waals surface area (Å²) in [6, 6.07) is 6.42. The van der Waals surface area contributed by atoms with Gasteiger partial charge in [-0.25, -0.2) is 9.97 Å². The van der Waals surface area contributed by atoms with Crippen LogP contribution in [0.15, 0.2) is 30.6 Å². The molecule has 0 radical (unpaired) electrons. The van der Waals surface area contributed by atoms with E-state index in [9.17, 15) is 9.90 Å². The number of hydrogen-bond acceptors (Lipinski definition) is 5. The molecule has 166 valence electrons. The third-order valence-corrected chi connectivity index (χ3v) is 6.09. The Bertz CT molecular complexity index is 930. The standard InChI is InChI=1S/C25H33N3O3/c1-16(2)31-21-12-17(11-19(13-21)18-6-7-18)5-8-23-26-14-20(15-27-23)24(29)28-10-9-22(28)25(3,4)30/h11-16,18,22,30H,5-10H2,1-4H3. The Balaban J connectivity index is 1.40. The average molecular weight is 424 g/mol. The van der Waals surface area contributed by atoms with E-state index in [4.69, 9.17) is 4.74 Å². The third kappa shape index (κ3) is 5.24. The average Bonchev–Trinajstić information content (AvgIpc) is 3.49. The Morgan fingerprint density at radius 3 is 2.42 bits per heavy atom. The molecule has 1 saturated heterocycles. The summed E-state index contributed by atoms with van der Waals surface area (Å²) in [6.07, 6.45) is 8.24. The summed E-state index contributed by atoms with van der Waals surface area (Å²) < 4.78 is 5.95. The van der Waals surface area contributed by atoms with Crippen molar-refractivity contribution >= 4 is 5.91 Å². The van der Waals surface area contributed by atoms with Crippen LogP contribution >= 0.6 is 0 Å². The number of ether oxygens (including phenoxy) is 1. The maximum Gasteiger partial charge on any atom is 0.257 e. The molecule has 6 nitrogen and oxygen atoms in total. The molecule has 6 heteroatoms. The van der Waals surface area contributed by atoms with Crippen LogP contribution in [0.25, 0.3) is 0 Å². The zero-order valence-electron chi connectivity index (χ0n) is 19.0. The van der Waals surface area contributed by atoms with Gasteiger partial charge < -0.3 is 14.7 Å². The second-order valence-corrected chi connectivity index (χ2v) is 9.70. The van der Waals surface area contributed by atoms with Gasteiger partial charge in [0.1, 0.15) is 11.6 Å². The second kappa shape index (κ2) is 8.58. The Morgan fingerprint density at radius 2 is 1.87 bits per heavy atom. The van der Waals surface area contributed by atoms with Crippen LogP contribution in [0.1, 0.15) is 80.2 Å². The largest absolute Gasteiger partial charge is 0.491 e.